The van der Waals surface area contributed by atoms with Crippen LogP contribution in [-0.2, 0) is 9.59 Å². The molecule has 0 saturated carbocycles. The summed E-state index contributed by atoms with van der Waals surface area (Å²) in [5, 5.41) is 6.00. The molecule has 92 valence electrons. The van der Waals surface area contributed by atoms with Gasteiger partial charge in [-0.25, -0.2) is 0 Å². The van der Waals surface area contributed by atoms with Crippen LogP contribution in [0.2, 0.25) is 0 Å². The number of carbonyl (C=O) groups excluding carboxylic acids is 2. The Hall–Kier alpha value is -0.810. The molecular weight excluding hydrogens is 230 g/mol. The van der Waals surface area contributed by atoms with Crippen molar-refractivity contribution in [2.75, 3.05) is 19.6 Å². The molecule has 0 aromatic carbocycles. The summed E-state index contributed by atoms with van der Waals surface area (Å²) in [6.45, 7) is 4.39. The van der Waals surface area contributed by atoms with Crippen LogP contribution in [0, 0.1) is 0 Å². The topological polar surface area (TPSA) is 61.4 Å². The van der Waals surface area contributed by atoms with E-state index in [4.69, 9.17) is 0 Å². The average molecular weight is 248 g/mol. The van der Waals surface area contributed by atoms with Crippen molar-refractivity contribution < 1.29 is 9.59 Å². The van der Waals surface area contributed by atoms with Crippen LogP contribution in [-0.4, -0.2) is 48.4 Å². The Morgan fingerprint density at radius 2 is 2.25 bits per heavy atom. The number of halogens is 1. The molecule has 2 fully saturated rings. The maximum atomic E-state index is 12.0. The van der Waals surface area contributed by atoms with Crippen molar-refractivity contribution in [1.29, 1.82) is 0 Å². The highest BCUT2D eigenvalue weighted by atomic mass is 35.5. The summed E-state index contributed by atoms with van der Waals surface area (Å²) in [6.07, 6.45) is 1.13. The van der Waals surface area contributed by atoms with Gasteiger partial charge in [0.05, 0.1) is 0 Å². The van der Waals surface area contributed by atoms with Crippen molar-refractivity contribution in [2.24, 2.45) is 0 Å². The third-order valence-corrected chi connectivity index (χ3v) is 2.97. The minimum Gasteiger partial charge on any atom is -0.344 e. The van der Waals surface area contributed by atoms with Crippen LogP contribution in [0.3, 0.4) is 0 Å². The van der Waals surface area contributed by atoms with Gasteiger partial charge in [0.15, 0.2) is 0 Å². The summed E-state index contributed by atoms with van der Waals surface area (Å²) in [7, 11) is 0. The summed E-state index contributed by atoms with van der Waals surface area (Å²) < 4.78 is 0. The Morgan fingerprint density at radius 1 is 1.50 bits per heavy atom. The molecule has 5 nitrogen and oxygen atoms in total. The molecule has 2 amide bonds. The van der Waals surface area contributed by atoms with Gasteiger partial charge in [-0.15, -0.1) is 12.4 Å². The molecule has 2 heterocycles. The molecule has 2 saturated heterocycles. The lowest BCUT2D eigenvalue weighted by Gasteiger charge is -2.33. The van der Waals surface area contributed by atoms with Gasteiger partial charge in [0.25, 0.3) is 0 Å². The largest absolute Gasteiger partial charge is 0.344 e. The Labute approximate surface area is 101 Å². The number of hydrogen-bond acceptors (Lipinski definition) is 3. The van der Waals surface area contributed by atoms with Gasteiger partial charge in [0.2, 0.25) is 11.8 Å². The number of amides is 2. The molecule has 0 bridgehead atoms. The molecule has 16 heavy (non-hydrogen) atoms. The molecule has 2 aliphatic heterocycles. The molecule has 2 rings (SSSR count). The van der Waals surface area contributed by atoms with Gasteiger partial charge in [-0.1, -0.05) is 0 Å². The molecule has 2 aliphatic rings. The van der Waals surface area contributed by atoms with Gasteiger partial charge in [-0.3, -0.25) is 9.59 Å². The Balaban J connectivity index is 0.00000128. The zero-order chi connectivity index (χ0) is 10.8. The van der Waals surface area contributed by atoms with Crippen LogP contribution in [0.5, 0.6) is 0 Å². The standard InChI is InChI=1S/C10H17N3O2.ClH/c1-7-6-13(5-4-11-7)10(15)8-2-3-9(14)12-8;/h7-8,11H,2-6H2,1H3,(H,12,14);1H/t7-,8+;/m0./s1. The average Bonchev–Trinajstić information content (AvgIpc) is 2.64. The number of nitrogens with zero attached hydrogens (tertiary/aromatic N) is 1. The molecular formula is C10H18ClN3O2. The Bertz CT molecular complexity index is 285. The first kappa shape index (κ1) is 13.3. The van der Waals surface area contributed by atoms with E-state index in [9.17, 15) is 9.59 Å². The fraction of sp³-hybridized carbons (Fsp3) is 0.800. The molecule has 2 N–H and O–H groups in total. The van der Waals surface area contributed by atoms with Gasteiger partial charge in [0.1, 0.15) is 6.04 Å². The minimum absolute atomic E-state index is 0. The van der Waals surface area contributed by atoms with Gasteiger partial charge in [-0.05, 0) is 13.3 Å². The number of piperazine rings is 1. The van der Waals surface area contributed by atoms with E-state index in [0.29, 0.717) is 18.9 Å². The molecule has 0 spiro atoms. The van der Waals surface area contributed by atoms with Crippen molar-refractivity contribution >= 4 is 24.2 Å². The first-order valence-electron chi connectivity index (χ1n) is 5.48. The van der Waals surface area contributed by atoms with Crippen LogP contribution < -0.4 is 10.6 Å². The van der Waals surface area contributed by atoms with E-state index in [2.05, 4.69) is 17.6 Å². The predicted molar refractivity (Wildman–Crippen MR) is 62.5 cm³/mol. The smallest absolute Gasteiger partial charge is 0.245 e. The molecule has 0 aliphatic carbocycles. The predicted octanol–water partition coefficient (Wildman–Crippen LogP) is -0.493. The highest BCUT2D eigenvalue weighted by Gasteiger charge is 2.32. The first-order valence-corrected chi connectivity index (χ1v) is 5.48. The zero-order valence-corrected chi connectivity index (χ0v) is 10.2. The van der Waals surface area contributed by atoms with Gasteiger partial charge in [-0.2, -0.15) is 0 Å². The van der Waals surface area contributed by atoms with Crippen LogP contribution in [0.4, 0.5) is 0 Å². The van der Waals surface area contributed by atoms with Crippen molar-refractivity contribution in [3.8, 4) is 0 Å². The lowest BCUT2D eigenvalue weighted by Crippen LogP contribution is -2.55. The second-order valence-electron chi connectivity index (χ2n) is 4.30. The third kappa shape index (κ3) is 2.86. The highest BCUT2D eigenvalue weighted by molar-refractivity contribution is 5.90. The second-order valence-corrected chi connectivity index (χ2v) is 4.30. The number of nitrogens with one attached hydrogen (secondary N) is 2. The van der Waals surface area contributed by atoms with E-state index in [1.807, 2.05) is 4.90 Å². The summed E-state index contributed by atoms with van der Waals surface area (Å²) in [4.78, 5) is 24.8. The summed E-state index contributed by atoms with van der Waals surface area (Å²) >= 11 is 0. The fourth-order valence-electron chi connectivity index (χ4n) is 2.15. The lowest BCUT2D eigenvalue weighted by atomic mass is 10.1. The maximum Gasteiger partial charge on any atom is 0.245 e. The third-order valence-electron chi connectivity index (χ3n) is 2.97. The number of carbonyl (C=O) groups is 2. The Kier molecular flexibility index (Phi) is 4.56. The van der Waals surface area contributed by atoms with Gasteiger partial charge >= 0.3 is 0 Å². The van der Waals surface area contributed by atoms with E-state index < -0.39 is 0 Å². The number of rotatable bonds is 1. The molecule has 6 heteroatoms. The van der Waals surface area contributed by atoms with E-state index in [-0.39, 0.29) is 30.3 Å². The van der Waals surface area contributed by atoms with Gasteiger partial charge in [0, 0.05) is 32.1 Å². The molecule has 2 atom stereocenters. The van der Waals surface area contributed by atoms with E-state index in [0.717, 1.165) is 19.6 Å². The molecule has 0 aromatic rings. The van der Waals surface area contributed by atoms with Crippen LogP contribution in [0.1, 0.15) is 19.8 Å². The number of hydrogen-bond donors (Lipinski definition) is 2. The zero-order valence-electron chi connectivity index (χ0n) is 9.36. The quantitative estimate of drug-likeness (QED) is 0.657. The monoisotopic (exact) mass is 247 g/mol. The maximum absolute atomic E-state index is 12.0. The van der Waals surface area contributed by atoms with Crippen molar-refractivity contribution in [2.45, 2.75) is 31.8 Å². The minimum atomic E-state index is -0.275. The van der Waals surface area contributed by atoms with Crippen LogP contribution >= 0.6 is 12.4 Å². The summed E-state index contributed by atoms with van der Waals surface area (Å²) in [5.41, 5.74) is 0. The lowest BCUT2D eigenvalue weighted by molar-refractivity contribution is -0.135. The Morgan fingerprint density at radius 3 is 2.81 bits per heavy atom. The SMILES string of the molecule is C[C@H]1CN(C(=O)[C@H]2CCC(=O)N2)CCN1.Cl. The molecule has 0 aromatic heterocycles. The van der Waals surface area contributed by atoms with E-state index in [1.165, 1.54) is 0 Å². The fourth-order valence-corrected chi connectivity index (χ4v) is 2.15. The van der Waals surface area contributed by atoms with Crippen LogP contribution in [0.25, 0.3) is 0 Å². The normalized spacial score (nSPS) is 29.6. The van der Waals surface area contributed by atoms with Crippen LogP contribution in [0.15, 0.2) is 0 Å². The molecule has 0 unspecified atom stereocenters. The summed E-state index contributed by atoms with van der Waals surface area (Å²) in [6, 6.07) is 0.0719. The van der Waals surface area contributed by atoms with Crippen molar-refractivity contribution in [3.05, 3.63) is 0 Å². The van der Waals surface area contributed by atoms with E-state index >= 15 is 0 Å². The van der Waals surface area contributed by atoms with Crippen molar-refractivity contribution in [1.82, 2.24) is 15.5 Å². The highest BCUT2D eigenvalue weighted by Crippen LogP contribution is 2.11. The van der Waals surface area contributed by atoms with E-state index in [1.54, 1.807) is 0 Å². The summed E-state index contributed by atoms with van der Waals surface area (Å²) in [5.74, 6) is 0.0748. The molecule has 0 radical (unpaired) electrons. The van der Waals surface area contributed by atoms with Crippen molar-refractivity contribution in [3.63, 3.8) is 0 Å². The van der Waals surface area contributed by atoms with Gasteiger partial charge < -0.3 is 15.5 Å². The second kappa shape index (κ2) is 5.50. The first-order chi connectivity index (χ1) is 7.16.